The van der Waals surface area contributed by atoms with Crippen molar-refractivity contribution in [1.82, 2.24) is 10.3 Å². The summed E-state index contributed by atoms with van der Waals surface area (Å²) in [5.74, 6) is 0.467. The monoisotopic (exact) mass is 442 g/mol. The number of benzene rings is 2. The Morgan fingerprint density at radius 2 is 1.97 bits per heavy atom. The summed E-state index contributed by atoms with van der Waals surface area (Å²) >= 11 is 0. The normalized spacial score (nSPS) is 15.9. The van der Waals surface area contributed by atoms with Gasteiger partial charge in [-0.3, -0.25) is 14.6 Å². The van der Waals surface area contributed by atoms with Crippen molar-refractivity contribution in [2.24, 2.45) is 0 Å². The summed E-state index contributed by atoms with van der Waals surface area (Å²) in [5.41, 5.74) is 3.58. The first-order chi connectivity index (χ1) is 16.2. The van der Waals surface area contributed by atoms with E-state index in [-0.39, 0.29) is 24.3 Å². The van der Waals surface area contributed by atoms with Crippen molar-refractivity contribution in [3.8, 4) is 5.75 Å². The van der Waals surface area contributed by atoms with Gasteiger partial charge in [0.1, 0.15) is 11.9 Å². The van der Waals surface area contributed by atoms with Crippen molar-refractivity contribution < 1.29 is 14.3 Å². The van der Waals surface area contributed by atoms with E-state index in [4.69, 9.17) is 4.74 Å². The highest BCUT2D eigenvalue weighted by molar-refractivity contribution is 6.15. The molecule has 3 heterocycles. The lowest BCUT2D eigenvalue weighted by atomic mass is 10.1. The van der Waals surface area contributed by atoms with E-state index in [1.54, 1.807) is 29.4 Å². The second-order valence-electron chi connectivity index (χ2n) is 8.38. The lowest BCUT2D eigenvalue weighted by Crippen LogP contribution is -2.34. The number of hydrogen-bond acceptors (Lipinski definition) is 5. The summed E-state index contributed by atoms with van der Waals surface area (Å²) in [5, 5.41) is 6.25. The number of anilines is 2. The Morgan fingerprint density at radius 1 is 1.12 bits per heavy atom. The first-order valence-corrected chi connectivity index (χ1v) is 11.3. The first-order valence-electron chi connectivity index (χ1n) is 11.3. The number of pyridine rings is 1. The third kappa shape index (κ3) is 4.73. The van der Waals surface area contributed by atoms with Crippen molar-refractivity contribution >= 4 is 23.2 Å². The summed E-state index contributed by atoms with van der Waals surface area (Å²) in [6.07, 6.45) is 5.67. The number of amides is 2. The van der Waals surface area contributed by atoms with Crippen LogP contribution in [0.1, 0.15) is 34.3 Å². The topological polar surface area (TPSA) is 83.6 Å². The molecule has 7 heteroatoms. The van der Waals surface area contributed by atoms with Gasteiger partial charge < -0.3 is 20.3 Å². The minimum Gasteiger partial charge on any atom is -0.490 e. The fourth-order valence-corrected chi connectivity index (χ4v) is 4.39. The number of hydrogen-bond donors (Lipinski definition) is 2. The largest absolute Gasteiger partial charge is 0.490 e. The van der Waals surface area contributed by atoms with E-state index in [0.29, 0.717) is 17.8 Å². The van der Waals surface area contributed by atoms with Crippen LogP contribution in [0.5, 0.6) is 5.75 Å². The zero-order chi connectivity index (χ0) is 22.6. The molecule has 1 saturated heterocycles. The average molecular weight is 443 g/mol. The fraction of sp³-hybridized carbons (Fsp3) is 0.269. The molecule has 5 rings (SSSR count). The van der Waals surface area contributed by atoms with E-state index in [1.807, 2.05) is 42.5 Å². The molecule has 0 aliphatic carbocycles. The molecule has 1 aromatic heterocycles. The fourth-order valence-electron chi connectivity index (χ4n) is 4.39. The van der Waals surface area contributed by atoms with Crippen molar-refractivity contribution in [2.75, 3.05) is 23.3 Å². The minimum absolute atomic E-state index is 0.124. The number of aromatic nitrogens is 1. The van der Waals surface area contributed by atoms with Crippen molar-refractivity contribution in [2.45, 2.75) is 31.9 Å². The molecule has 2 N–H and O–H groups in total. The highest BCUT2D eigenvalue weighted by Crippen LogP contribution is 2.34. The van der Waals surface area contributed by atoms with Crippen LogP contribution in [0.25, 0.3) is 0 Å². The maximum absolute atomic E-state index is 13.4. The highest BCUT2D eigenvalue weighted by atomic mass is 16.5. The van der Waals surface area contributed by atoms with E-state index in [9.17, 15) is 9.59 Å². The molecule has 2 aromatic carbocycles. The molecule has 2 aliphatic heterocycles. The Kier molecular flexibility index (Phi) is 6.04. The van der Waals surface area contributed by atoms with E-state index in [0.717, 1.165) is 48.5 Å². The van der Waals surface area contributed by atoms with Crippen molar-refractivity contribution in [3.63, 3.8) is 0 Å². The van der Waals surface area contributed by atoms with Crippen molar-refractivity contribution in [1.29, 1.82) is 0 Å². The summed E-state index contributed by atoms with van der Waals surface area (Å²) < 4.78 is 6.16. The Balaban J connectivity index is 1.32. The molecule has 0 bridgehead atoms. The maximum Gasteiger partial charge on any atom is 0.261 e. The molecule has 0 radical (unpaired) electrons. The Morgan fingerprint density at radius 3 is 2.79 bits per heavy atom. The number of nitrogens with zero attached hydrogens (tertiary/aromatic N) is 2. The molecule has 168 valence electrons. The first kappa shape index (κ1) is 21.2. The SMILES string of the molecule is O=C(Cc1cccnc1)Nc1cccc2c1C(=O)N(c1cccc(OC3CCNCC3)c1)C2. The van der Waals surface area contributed by atoms with E-state index in [1.165, 1.54) is 0 Å². The molecule has 0 spiro atoms. The van der Waals surface area contributed by atoms with E-state index >= 15 is 0 Å². The molecule has 7 nitrogen and oxygen atoms in total. The van der Waals surface area contributed by atoms with Crippen LogP contribution in [0.3, 0.4) is 0 Å². The molecular weight excluding hydrogens is 416 g/mol. The molecule has 1 fully saturated rings. The molecule has 3 aromatic rings. The second kappa shape index (κ2) is 9.42. The third-order valence-corrected chi connectivity index (χ3v) is 6.02. The van der Waals surface area contributed by atoms with Gasteiger partial charge in [0, 0.05) is 24.1 Å². The van der Waals surface area contributed by atoms with Gasteiger partial charge >= 0.3 is 0 Å². The number of nitrogens with one attached hydrogen (secondary N) is 2. The minimum atomic E-state index is -0.181. The summed E-state index contributed by atoms with van der Waals surface area (Å²) in [7, 11) is 0. The van der Waals surface area contributed by atoms with Gasteiger partial charge in [-0.15, -0.1) is 0 Å². The lowest BCUT2D eigenvalue weighted by molar-refractivity contribution is -0.115. The van der Waals surface area contributed by atoms with Crippen LogP contribution >= 0.6 is 0 Å². The smallest absolute Gasteiger partial charge is 0.261 e. The number of fused-ring (bicyclic) bond motifs is 1. The van der Waals surface area contributed by atoms with Crippen molar-refractivity contribution in [3.05, 3.63) is 83.7 Å². The number of rotatable bonds is 6. The Hall–Kier alpha value is -3.71. The van der Waals surface area contributed by atoms with Crippen LogP contribution in [0, 0.1) is 0 Å². The molecule has 2 amide bonds. The average Bonchev–Trinajstić information content (AvgIpc) is 3.18. The number of ether oxygens (including phenoxy) is 1. The lowest BCUT2D eigenvalue weighted by Gasteiger charge is -2.24. The third-order valence-electron chi connectivity index (χ3n) is 6.02. The second-order valence-corrected chi connectivity index (χ2v) is 8.38. The Labute approximate surface area is 192 Å². The van der Waals surface area contributed by atoms with E-state index < -0.39 is 0 Å². The number of carbonyl (C=O) groups excluding carboxylic acids is 2. The van der Waals surface area contributed by atoms with E-state index in [2.05, 4.69) is 15.6 Å². The van der Waals surface area contributed by atoms with Gasteiger partial charge in [-0.05, 0) is 61.3 Å². The zero-order valence-corrected chi connectivity index (χ0v) is 18.3. The predicted molar refractivity (Wildman–Crippen MR) is 126 cm³/mol. The van der Waals surface area contributed by atoms with Gasteiger partial charge in [-0.1, -0.05) is 24.3 Å². The van der Waals surface area contributed by atoms with Gasteiger partial charge in [0.15, 0.2) is 0 Å². The number of piperidine rings is 1. The standard InChI is InChI=1S/C26H26N4O3/c31-24(14-18-4-3-11-28-16-18)29-23-8-1-5-19-17-30(26(32)25(19)23)20-6-2-7-22(15-20)33-21-9-12-27-13-10-21/h1-8,11,15-16,21,27H,9-10,12-14,17H2,(H,29,31). The van der Waals surface area contributed by atoms with Gasteiger partial charge in [-0.2, -0.15) is 0 Å². The van der Waals surface area contributed by atoms with Gasteiger partial charge in [-0.25, -0.2) is 0 Å². The van der Waals surface area contributed by atoms with Gasteiger partial charge in [0.2, 0.25) is 5.91 Å². The molecule has 0 atom stereocenters. The highest BCUT2D eigenvalue weighted by Gasteiger charge is 2.31. The molecule has 0 unspecified atom stereocenters. The van der Waals surface area contributed by atoms with Crippen LogP contribution in [0.4, 0.5) is 11.4 Å². The summed E-state index contributed by atoms with van der Waals surface area (Å²) in [6.45, 7) is 2.37. The van der Waals surface area contributed by atoms with Gasteiger partial charge in [0.25, 0.3) is 5.91 Å². The maximum atomic E-state index is 13.4. The molecule has 0 saturated carbocycles. The summed E-state index contributed by atoms with van der Waals surface area (Å²) in [4.78, 5) is 31.7. The van der Waals surface area contributed by atoms with Crippen LogP contribution in [0.2, 0.25) is 0 Å². The molecule has 2 aliphatic rings. The summed E-state index contributed by atoms with van der Waals surface area (Å²) in [6, 6.07) is 16.9. The van der Waals surface area contributed by atoms with Crippen LogP contribution in [0.15, 0.2) is 67.0 Å². The quantitative estimate of drug-likeness (QED) is 0.610. The Bertz CT molecular complexity index is 1160. The van der Waals surface area contributed by atoms with Crippen LogP contribution in [-0.2, 0) is 17.8 Å². The van der Waals surface area contributed by atoms with Crippen LogP contribution < -0.4 is 20.3 Å². The molecule has 33 heavy (non-hydrogen) atoms. The molecular formula is C26H26N4O3. The predicted octanol–water partition coefficient (Wildman–Crippen LogP) is 3.55. The van der Waals surface area contributed by atoms with Crippen LogP contribution in [-0.4, -0.2) is 36.0 Å². The number of carbonyl (C=O) groups is 2. The van der Waals surface area contributed by atoms with Gasteiger partial charge in [0.05, 0.1) is 24.2 Å². The zero-order valence-electron chi connectivity index (χ0n) is 18.3.